The third-order valence-corrected chi connectivity index (χ3v) is 2.98. The summed E-state index contributed by atoms with van der Waals surface area (Å²) < 4.78 is 0. The largest absolute Gasteiger partial charge is 0.308 e. The van der Waals surface area contributed by atoms with E-state index in [1.807, 2.05) is 13.8 Å². The molecule has 4 heteroatoms. The lowest BCUT2D eigenvalue weighted by atomic mass is 10.2. The number of aryl methyl sites for hydroxylation is 1. The molecule has 0 aromatic carbocycles. The molecule has 1 heterocycles. The van der Waals surface area contributed by atoms with Gasteiger partial charge in [-0.3, -0.25) is 0 Å². The molecule has 1 aromatic heterocycles. The van der Waals surface area contributed by atoms with Gasteiger partial charge in [0.2, 0.25) is 0 Å². The van der Waals surface area contributed by atoms with Crippen LogP contribution in [0.5, 0.6) is 0 Å². The van der Waals surface area contributed by atoms with E-state index >= 15 is 0 Å². The predicted octanol–water partition coefficient (Wildman–Crippen LogP) is 1.50. The Labute approximate surface area is 83.9 Å². The summed E-state index contributed by atoms with van der Waals surface area (Å²) in [6.45, 7) is 6.19. The number of nitrogens with zero attached hydrogens (tertiary/aromatic N) is 2. The Kier molecular flexibility index (Phi) is 2.15. The van der Waals surface area contributed by atoms with Gasteiger partial charge in [-0.1, -0.05) is 6.92 Å². The predicted molar refractivity (Wildman–Crippen MR) is 55.8 cm³/mol. The van der Waals surface area contributed by atoms with Crippen LogP contribution in [0.4, 0.5) is 5.82 Å². The summed E-state index contributed by atoms with van der Waals surface area (Å²) in [6, 6.07) is 0. The van der Waals surface area contributed by atoms with Crippen molar-refractivity contribution in [3.8, 4) is 0 Å². The molecule has 1 aliphatic rings. The van der Waals surface area contributed by atoms with E-state index < -0.39 is 0 Å². The number of hydrogen-bond acceptors (Lipinski definition) is 4. The SMILES string of the molecule is Cc1nc(C2CC2C)nc(NN)c1C. The topological polar surface area (TPSA) is 63.8 Å². The summed E-state index contributed by atoms with van der Waals surface area (Å²) in [4.78, 5) is 8.90. The number of nitrogen functional groups attached to an aromatic ring is 1. The van der Waals surface area contributed by atoms with Gasteiger partial charge in [-0.2, -0.15) is 0 Å². The van der Waals surface area contributed by atoms with Gasteiger partial charge in [0.15, 0.2) is 0 Å². The molecule has 2 atom stereocenters. The van der Waals surface area contributed by atoms with E-state index in [1.165, 1.54) is 6.42 Å². The van der Waals surface area contributed by atoms with E-state index in [2.05, 4.69) is 22.3 Å². The molecule has 0 aliphatic heterocycles. The number of hydrogen-bond donors (Lipinski definition) is 2. The molecular formula is C10H16N4. The molecule has 1 aliphatic carbocycles. The summed E-state index contributed by atoms with van der Waals surface area (Å²) in [7, 11) is 0. The van der Waals surface area contributed by atoms with Gasteiger partial charge in [0.1, 0.15) is 11.6 Å². The first-order valence-electron chi connectivity index (χ1n) is 4.95. The fourth-order valence-electron chi connectivity index (χ4n) is 1.64. The van der Waals surface area contributed by atoms with Crippen LogP contribution in [0.25, 0.3) is 0 Å². The molecular weight excluding hydrogens is 176 g/mol. The minimum Gasteiger partial charge on any atom is -0.308 e. The van der Waals surface area contributed by atoms with Crippen molar-refractivity contribution in [2.24, 2.45) is 11.8 Å². The molecule has 2 unspecified atom stereocenters. The van der Waals surface area contributed by atoms with Crippen LogP contribution in [0.1, 0.15) is 36.3 Å². The van der Waals surface area contributed by atoms with Gasteiger partial charge in [0.05, 0.1) is 0 Å². The molecule has 3 N–H and O–H groups in total. The number of rotatable bonds is 2. The highest BCUT2D eigenvalue weighted by Gasteiger charge is 2.37. The maximum atomic E-state index is 5.40. The Bertz CT molecular complexity index is 361. The molecule has 0 spiro atoms. The minimum absolute atomic E-state index is 0.543. The second-order valence-electron chi connectivity index (χ2n) is 4.10. The van der Waals surface area contributed by atoms with E-state index in [-0.39, 0.29) is 0 Å². The second kappa shape index (κ2) is 3.20. The number of hydrazine groups is 1. The monoisotopic (exact) mass is 192 g/mol. The summed E-state index contributed by atoms with van der Waals surface area (Å²) >= 11 is 0. The van der Waals surface area contributed by atoms with Crippen LogP contribution in [-0.2, 0) is 0 Å². The first-order valence-corrected chi connectivity index (χ1v) is 4.95. The summed E-state index contributed by atoms with van der Waals surface area (Å²) in [5.74, 6) is 8.37. The minimum atomic E-state index is 0.543. The van der Waals surface area contributed by atoms with Crippen LogP contribution in [0.15, 0.2) is 0 Å². The summed E-state index contributed by atoms with van der Waals surface area (Å²) in [5.41, 5.74) is 4.67. The lowest BCUT2D eigenvalue weighted by molar-refractivity contribution is 0.828. The standard InChI is InChI=1S/C10H16N4/c1-5-4-8(5)10-12-7(3)6(2)9(13-10)14-11/h5,8H,4,11H2,1-3H3,(H,12,13,14). The van der Waals surface area contributed by atoms with Crippen LogP contribution in [0.2, 0.25) is 0 Å². The Balaban J connectivity index is 2.38. The Morgan fingerprint density at radius 2 is 2.00 bits per heavy atom. The second-order valence-corrected chi connectivity index (χ2v) is 4.10. The Hall–Kier alpha value is -1.16. The first kappa shape index (κ1) is 9.40. The average Bonchev–Trinajstić information content (AvgIpc) is 2.87. The van der Waals surface area contributed by atoms with Crippen LogP contribution in [-0.4, -0.2) is 9.97 Å². The third kappa shape index (κ3) is 1.46. The Morgan fingerprint density at radius 1 is 1.36 bits per heavy atom. The molecule has 1 saturated carbocycles. The van der Waals surface area contributed by atoms with Crippen molar-refractivity contribution in [3.63, 3.8) is 0 Å². The van der Waals surface area contributed by atoms with E-state index in [1.54, 1.807) is 0 Å². The smallest absolute Gasteiger partial charge is 0.146 e. The zero-order chi connectivity index (χ0) is 10.3. The van der Waals surface area contributed by atoms with Crippen molar-refractivity contribution in [1.29, 1.82) is 0 Å². The van der Waals surface area contributed by atoms with Crippen molar-refractivity contribution in [2.45, 2.75) is 33.1 Å². The third-order valence-electron chi connectivity index (χ3n) is 2.98. The maximum Gasteiger partial charge on any atom is 0.146 e. The Morgan fingerprint density at radius 3 is 2.50 bits per heavy atom. The summed E-state index contributed by atoms with van der Waals surface area (Å²) in [5, 5.41) is 0. The van der Waals surface area contributed by atoms with Gasteiger partial charge < -0.3 is 5.43 Å². The number of aromatic nitrogens is 2. The molecule has 4 nitrogen and oxygen atoms in total. The van der Waals surface area contributed by atoms with E-state index in [4.69, 9.17) is 5.84 Å². The van der Waals surface area contributed by atoms with Crippen LogP contribution >= 0.6 is 0 Å². The molecule has 0 amide bonds. The van der Waals surface area contributed by atoms with Crippen molar-refractivity contribution in [3.05, 3.63) is 17.1 Å². The molecule has 0 saturated heterocycles. The van der Waals surface area contributed by atoms with Gasteiger partial charge in [0.25, 0.3) is 0 Å². The molecule has 76 valence electrons. The van der Waals surface area contributed by atoms with E-state index in [0.29, 0.717) is 5.92 Å². The van der Waals surface area contributed by atoms with Crippen molar-refractivity contribution in [1.82, 2.24) is 9.97 Å². The van der Waals surface area contributed by atoms with Crippen LogP contribution < -0.4 is 11.3 Å². The quantitative estimate of drug-likeness (QED) is 0.550. The van der Waals surface area contributed by atoms with Crippen LogP contribution in [0, 0.1) is 19.8 Å². The zero-order valence-corrected chi connectivity index (χ0v) is 8.83. The molecule has 2 rings (SSSR count). The van der Waals surface area contributed by atoms with Gasteiger partial charge in [-0.25, -0.2) is 15.8 Å². The van der Waals surface area contributed by atoms with Gasteiger partial charge >= 0.3 is 0 Å². The molecule has 0 radical (unpaired) electrons. The van der Waals surface area contributed by atoms with Crippen molar-refractivity contribution < 1.29 is 0 Å². The highest BCUT2D eigenvalue weighted by Crippen LogP contribution is 2.45. The lowest BCUT2D eigenvalue weighted by Gasteiger charge is -2.08. The average molecular weight is 192 g/mol. The summed E-state index contributed by atoms with van der Waals surface area (Å²) in [6.07, 6.45) is 1.20. The lowest BCUT2D eigenvalue weighted by Crippen LogP contribution is -2.13. The first-order chi connectivity index (χ1) is 6.63. The highest BCUT2D eigenvalue weighted by molar-refractivity contribution is 5.44. The van der Waals surface area contributed by atoms with Gasteiger partial charge in [-0.05, 0) is 26.2 Å². The zero-order valence-electron chi connectivity index (χ0n) is 8.83. The van der Waals surface area contributed by atoms with Crippen LogP contribution in [0.3, 0.4) is 0 Å². The van der Waals surface area contributed by atoms with Gasteiger partial charge in [0, 0.05) is 17.2 Å². The molecule has 0 bridgehead atoms. The van der Waals surface area contributed by atoms with E-state index in [9.17, 15) is 0 Å². The molecule has 1 aromatic rings. The fourth-order valence-corrected chi connectivity index (χ4v) is 1.64. The fraction of sp³-hybridized carbons (Fsp3) is 0.600. The van der Waals surface area contributed by atoms with Crippen molar-refractivity contribution >= 4 is 5.82 Å². The number of anilines is 1. The maximum absolute atomic E-state index is 5.40. The molecule has 1 fully saturated rings. The normalized spacial score (nSPS) is 24.9. The van der Waals surface area contributed by atoms with Gasteiger partial charge in [-0.15, -0.1) is 0 Å². The molecule has 14 heavy (non-hydrogen) atoms. The van der Waals surface area contributed by atoms with E-state index in [0.717, 1.165) is 28.8 Å². The number of nitrogens with one attached hydrogen (secondary N) is 1. The number of nitrogens with two attached hydrogens (primary N) is 1. The highest BCUT2D eigenvalue weighted by atomic mass is 15.3. The van der Waals surface area contributed by atoms with Crippen molar-refractivity contribution in [2.75, 3.05) is 5.43 Å².